The van der Waals surface area contributed by atoms with Crippen LogP contribution < -0.4 is 0 Å². The monoisotopic (exact) mass is 1610 g/mol. The summed E-state index contributed by atoms with van der Waals surface area (Å²) in [5, 5.41) is 31.6. The van der Waals surface area contributed by atoms with Crippen molar-refractivity contribution in [3.05, 3.63) is 461 Å². The molecule has 0 fully saturated rings. The van der Waals surface area contributed by atoms with Gasteiger partial charge in [0.1, 0.15) is 33.5 Å². The average Bonchev–Trinajstić information content (AvgIpc) is 1.69. The molecule has 0 unspecified atom stereocenters. The Balaban J connectivity index is 0.000000104. The van der Waals surface area contributed by atoms with E-state index in [1.807, 2.05) is 6.07 Å². The molecule has 0 aliphatic carbocycles. The molecule has 3 heteroatoms. The van der Waals surface area contributed by atoms with E-state index in [2.05, 4.69) is 455 Å². The lowest BCUT2D eigenvalue weighted by molar-refractivity contribution is 0.669. The van der Waals surface area contributed by atoms with Gasteiger partial charge in [0.05, 0.1) is 0 Å². The first-order chi connectivity index (χ1) is 63.0. The lowest BCUT2D eigenvalue weighted by atomic mass is 9.83. The Morgan fingerprint density at radius 2 is 0.433 bits per heavy atom. The lowest BCUT2D eigenvalue weighted by Gasteiger charge is -2.19. The first-order valence-corrected chi connectivity index (χ1v) is 43.7. The largest absolute Gasteiger partial charge is 0.456 e. The summed E-state index contributed by atoms with van der Waals surface area (Å²) in [6.07, 6.45) is 0. The summed E-state index contributed by atoms with van der Waals surface area (Å²) in [7, 11) is 0. The fraction of sp³-hybridized carbons (Fsp3) is 0. The van der Waals surface area contributed by atoms with Crippen LogP contribution in [0.4, 0.5) is 0 Å². The number of furan rings is 3. The van der Waals surface area contributed by atoms with Gasteiger partial charge in [0.15, 0.2) is 0 Å². The number of rotatable bonds is 8. The van der Waals surface area contributed by atoms with Gasteiger partial charge in [-0.1, -0.05) is 400 Å². The van der Waals surface area contributed by atoms with Crippen LogP contribution in [-0.2, 0) is 0 Å². The van der Waals surface area contributed by atoms with Crippen LogP contribution in [0.3, 0.4) is 0 Å². The van der Waals surface area contributed by atoms with Crippen molar-refractivity contribution < 1.29 is 13.3 Å². The summed E-state index contributed by atoms with van der Waals surface area (Å²) >= 11 is 0. The van der Waals surface area contributed by atoms with Crippen LogP contribution in [0.5, 0.6) is 0 Å². The van der Waals surface area contributed by atoms with Gasteiger partial charge < -0.3 is 13.3 Å². The normalized spacial score (nSPS) is 11.8. The molecule has 3 heterocycles. The zero-order chi connectivity index (χ0) is 83.6. The van der Waals surface area contributed by atoms with E-state index in [9.17, 15) is 0 Å². The van der Waals surface area contributed by atoms with Gasteiger partial charge in [-0.3, -0.25) is 0 Å². The SMILES string of the molecule is c1ccc(-c2c3ccccc3c(-c3ccc4oc5c6ccccc6ccc5c4c3)c3ccccc23)cc1.c1ccc(-c2ccccc2-c2c3ccccc3c(-c3ccc4oc5cc6ccccc6cc5c4c3)c3ccccc23)cc1.c1ccc2cc(-c3ccc(-c4c5ccccc5c(-c5cc6c7ccccc7oc6c6ccccc56)c5ccccc45)cc3)ccc2c1. The summed E-state index contributed by atoms with van der Waals surface area (Å²) in [6, 6.07) is 166. The highest BCUT2D eigenvalue weighted by Crippen LogP contribution is 2.52. The van der Waals surface area contributed by atoms with Crippen LogP contribution in [0.15, 0.2) is 474 Å². The molecule has 0 saturated heterocycles. The fourth-order valence-corrected chi connectivity index (χ4v) is 20.6. The fourth-order valence-electron chi connectivity index (χ4n) is 20.6. The van der Waals surface area contributed by atoms with Gasteiger partial charge in [-0.15, -0.1) is 0 Å². The summed E-state index contributed by atoms with van der Waals surface area (Å²) < 4.78 is 19.2. The third-order valence-electron chi connectivity index (χ3n) is 26.3. The molecular formula is C124H76O3. The van der Waals surface area contributed by atoms with E-state index < -0.39 is 0 Å². The third-order valence-corrected chi connectivity index (χ3v) is 26.3. The van der Waals surface area contributed by atoms with Crippen molar-refractivity contribution in [2.75, 3.05) is 0 Å². The summed E-state index contributed by atoms with van der Waals surface area (Å²) in [5.41, 5.74) is 25.4. The van der Waals surface area contributed by atoms with Crippen LogP contribution >= 0.6 is 0 Å². The second-order valence-corrected chi connectivity index (χ2v) is 33.4. The molecule has 127 heavy (non-hydrogen) atoms. The quantitative estimate of drug-likeness (QED) is 0.142. The number of fused-ring (bicyclic) bond motifs is 21. The van der Waals surface area contributed by atoms with Crippen molar-refractivity contribution in [1.29, 1.82) is 0 Å². The zero-order valence-electron chi connectivity index (χ0n) is 69.1. The Kier molecular flexibility index (Phi) is 17.3. The number of hydrogen-bond donors (Lipinski definition) is 0. The zero-order valence-corrected chi connectivity index (χ0v) is 69.1. The Morgan fingerprint density at radius 3 is 0.976 bits per heavy atom. The Hall–Kier alpha value is -16.7. The Bertz CT molecular complexity index is 8970. The maximum absolute atomic E-state index is 6.47. The van der Waals surface area contributed by atoms with E-state index in [-0.39, 0.29) is 0 Å². The molecule has 0 spiro atoms. The maximum Gasteiger partial charge on any atom is 0.143 e. The second kappa shape index (κ2) is 30.1. The van der Waals surface area contributed by atoms with Crippen LogP contribution in [0, 0.1) is 0 Å². The van der Waals surface area contributed by atoms with Gasteiger partial charge >= 0.3 is 0 Å². The van der Waals surface area contributed by atoms with Crippen LogP contribution in [0.1, 0.15) is 0 Å². The summed E-state index contributed by atoms with van der Waals surface area (Å²) in [5.74, 6) is 0. The molecule has 0 saturated carbocycles. The number of benzene rings is 24. The van der Waals surface area contributed by atoms with Crippen molar-refractivity contribution in [3.8, 4) is 89.0 Å². The molecule has 0 amide bonds. The smallest absolute Gasteiger partial charge is 0.143 e. The van der Waals surface area contributed by atoms with E-state index in [1.165, 1.54) is 186 Å². The molecule has 3 nitrogen and oxygen atoms in total. The first-order valence-electron chi connectivity index (χ1n) is 43.7. The molecular weight excluding hydrogens is 1540 g/mol. The highest BCUT2D eigenvalue weighted by molar-refractivity contribution is 6.29. The van der Waals surface area contributed by atoms with E-state index in [1.54, 1.807) is 0 Å². The minimum Gasteiger partial charge on any atom is -0.456 e. The second-order valence-electron chi connectivity index (χ2n) is 33.4. The van der Waals surface area contributed by atoms with Gasteiger partial charge in [-0.05, 0) is 247 Å². The summed E-state index contributed by atoms with van der Waals surface area (Å²) in [6.45, 7) is 0. The van der Waals surface area contributed by atoms with Crippen molar-refractivity contribution in [2.24, 2.45) is 0 Å². The topological polar surface area (TPSA) is 39.4 Å². The Labute approximate surface area is 731 Å². The predicted octanol–water partition coefficient (Wildman–Crippen LogP) is 35.6. The molecule has 0 atom stereocenters. The van der Waals surface area contributed by atoms with Crippen LogP contribution in [-0.4, -0.2) is 0 Å². The highest BCUT2D eigenvalue weighted by Gasteiger charge is 2.25. The van der Waals surface area contributed by atoms with Gasteiger partial charge in [0.25, 0.3) is 0 Å². The van der Waals surface area contributed by atoms with Gasteiger partial charge in [0, 0.05) is 43.1 Å². The van der Waals surface area contributed by atoms with Gasteiger partial charge in [-0.2, -0.15) is 0 Å². The van der Waals surface area contributed by atoms with E-state index >= 15 is 0 Å². The molecule has 0 aliphatic rings. The van der Waals surface area contributed by atoms with E-state index in [0.717, 1.165) is 76.6 Å². The van der Waals surface area contributed by atoms with Crippen LogP contribution in [0.2, 0.25) is 0 Å². The van der Waals surface area contributed by atoms with Crippen molar-refractivity contribution in [3.63, 3.8) is 0 Å². The van der Waals surface area contributed by atoms with Gasteiger partial charge in [-0.25, -0.2) is 0 Å². The number of para-hydroxylation sites is 1. The minimum atomic E-state index is 0.913. The standard InChI is InChI=1S/C46H28O.C42H26O.C36H22O/c1-2-12-32-27-33(26-23-29(32)11-1)30-21-24-31(25-22-30)44-36-15-4-6-17-38(36)45(39-18-7-5-16-37(39)44)41-28-42-35-14-9-10-20-43(35)47-46(42)40-19-8-3-13-34(40)41;1-2-12-27(13-3-1)31-16-6-7-17-32(31)42-35-20-10-8-18-33(35)41(34-19-9-11-21-36(34)42)30-22-23-39-37(25-30)38-24-28-14-4-5-15-29(28)26-40(38)43-39;1-2-11-24(12-3-1)34-27-14-6-8-16-29(27)35(30-17-9-7-15-28(30)34)25-19-21-33-32(22-25)31-20-18-23-10-4-5-13-26(23)36(31)37-33/h1-28H;1-26H;1-22H. The Morgan fingerprint density at radius 1 is 0.110 bits per heavy atom. The van der Waals surface area contributed by atoms with Crippen molar-refractivity contribution in [2.45, 2.75) is 0 Å². The van der Waals surface area contributed by atoms with E-state index in [0.29, 0.717) is 0 Å². The van der Waals surface area contributed by atoms with Crippen LogP contribution in [0.25, 0.3) is 263 Å². The van der Waals surface area contributed by atoms with Crippen molar-refractivity contribution in [1.82, 2.24) is 0 Å². The molecule has 590 valence electrons. The molecule has 27 rings (SSSR count). The van der Waals surface area contributed by atoms with Gasteiger partial charge in [0.2, 0.25) is 0 Å². The lowest BCUT2D eigenvalue weighted by Crippen LogP contribution is -1.92. The molecule has 0 N–H and O–H groups in total. The maximum atomic E-state index is 6.47. The summed E-state index contributed by atoms with van der Waals surface area (Å²) in [4.78, 5) is 0. The average molecular weight is 1610 g/mol. The molecule has 0 radical (unpaired) electrons. The molecule has 27 aromatic rings. The van der Waals surface area contributed by atoms with Crippen molar-refractivity contribution >= 4 is 174 Å². The third kappa shape index (κ3) is 12.2. The molecule has 3 aromatic heterocycles. The molecule has 24 aromatic carbocycles. The number of hydrogen-bond acceptors (Lipinski definition) is 3. The minimum absolute atomic E-state index is 0.913. The van der Waals surface area contributed by atoms with E-state index in [4.69, 9.17) is 13.3 Å². The first kappa shape index (κ1) is 73.0. The molecule has 0 aliphatic heterocycles. The highest BCUT2D eigenvalue weighted by atomic mass is 16.3. The predicted molar refractivity (Wildman–Crippen MR) is 540 cm³/mol. The molecule has 0 bridgehead atoms.